The molecule has 0 fully saturated rings. The van der Waals surface area contributed by atoms with E-state index in [9.17, 15) is 0 Å². The van der Waals surface area contributed by atoms with Crippen LogP contribution in [0.4, 0.5) is 0 Å². The average Bonchev–Trinajstić information content (AvgIpc) is 3.40. The van der Waals surface area contributed by atoms with E-state index in [0.717, 1.165) is 38.6 Å². The lowest BCUT2D eigenvalue weighted by atomic mass is 10.2. The maximum absolute atomic E-state index is 6.31. The molecule has 0 spiro atoms. The Bertz CT molecular complexity index is 1220. The van der Waals surface area contributed by atoms with E-state index >= 15 is 0 Å². The first kappa shape index (κ1) is 22.6. The summed E-state index contributed by atoms with van der Waals surface area (Å²) in [6, 6.07) is 15.7. The van der Waals surface area contributed by atoms with E-state index in [2.05, 4.69) is 22.2 Å². The van der Waals surface area contributed by atoms with Crippen LogP contribution in [0.15, 0.2) is 71.7 Å². The van der Waals surface area contributed by atoms with Gasteiger partial charge in [-0.3, -0.25) is 4.57 Å². The quantitative estimate of drug-likeness (QED) is 0.190. The first-order valence-corrected chi connectivity index (χ1v) is 12.4. The largest absolute Gasteiger partial charge is 0.483 e. The smallest absolute Gasteiger partial charge is 0.192 e. The summed E-state index contributed by atoms with van der Waals surface area (Å²) >= 11 is 9.50. The van der Waals surface area contributed by atoms with Crippen molar-refractivity contribution in [2.75, 3.05) is 0 Å². The Morgan fingerprint density at radius 2 is 2.06 bits per heavy atom. The second-order valence-electron chi connectivity index (χ2n) is 7.23. The Balaban J connectivity index is 1.48. The summed E-state index contributed by atoms with van der Waals surface area (Å²) in [6.07, 6.45) is 1.60. The minimum atomic E-state index is -0.246. The standard InChI is InChI=1S/C24H23ClN4OS2/c1-4-12-29-22(17(3)30-19-9-7-8-16(2)13-19)27-28-24(29)32-15-18-14-31-23(26-18)20-10-5-6-11-21(20)25/h4-11,13-14,17H,1,12,15H2,2-3H3. The number of hydrogen-bond acceptors (Lipinski definition) is 6. The molecule has 0 aliphatic carbocycles. The molecule has 1 unspecified atom stereocenters. The number of nitrogens with zero attached hydrogens (tertiary/aromatic N) is 4. The SMILES string of the molecule is C=CCn1c(SCc2csc(-c3ccccc3Cl)n2)nnc1C(C)Oc1cccc(C)c1. The highest BCUT2D eigenvalue weighted by Gasteiger charge is 2.19. The summed E-state index contributed by atoms with van der Waals surface area (Å²) < 4.78 is 8.16. The first-order chi connectivity index (χ1) is 15.5. The van der Waals surface area contributed by atoms with Crippen molar-refractivity contribution in [1.29, 1.82) is 0 Å². The Hall–Kier alpha value is -2.61. The van der Waals surface area contributed by atoms with E-state index in [4.69, 9.17) is 21.3 Å². The molecule has 4 aromatic rings. The lowest BCUT2D eigenvalue weighted by molar-refractivity contribution is 0.210. The number of thioether (sulfide) groups is 1. The Morgan fingerprint density at radius 3 is 2.84 bits per heavy atom. The topological polar surface area (TPSA) is 52.8 Å². The lowest BCUT2D eigenvalue weighted by Gasteiger charge is -2.16. The van der Waals surface area contributed by atoms with Gasteiger partial charge >= 0.3 is 0 Å². The van der Waals surface area contributed by atoms with Gasteiger partial charge in [-0.15, -0.1) is 28.1 Å². The van der Waals surface area contributed by atoms with Crippen molar-refractivity contribution in [3.8, 4) is 16.3 Å². The highest BCUT2D eigenvalue weighted by molar-refractivity contribution is 7.98. The van der Waals surface area contributed by atoms with Crippen molar-refractivity contribution in [3.63, 3.8) is 0 Å². The van der Waals surface area contributed by atoms with Crippen LogP contribution in [0.25, 0.3) is 10.6 Å². The van der Waals surface area contributed by atoms with Gasteiger partial charge < -0.3 is 4.74 Å². The third kappa shape index (κ3) is 5.23. The fourth-order valence-electron chi connectivity index (χ4n) is 3.22. The monoisotopic (exact) mass is 482 g/mol. The zero-order chi connectivity index (χ0) is 22.5. The molecule has 0 N–H and O–H groups in total. The fourth-order valence-corrected chi connectivity index (χ4v) is 5.32. The molecule has 8 heteroatoms. The summed E-state index contributed by atoms with van der Waals surface area (Å²) in [5.41, 5.74) is 3.08. The number of allylic oxidation sites excluding steroid dienone is 1. The lowest BCUT2D eigenvalue weighted by Crippen LogP contribution is -2.12. The summed E-state index contributed by atoms with van der Waals surface area (Å²) in [4.78, 5) is 4.75. The number of halogens is 1. The molecule has 1 atom stereocenters. The molecule has 164 valence electrons. The van der Waals surface area contributed by atoms with Gasteiger partial charge in [0.25, 0.3) is 0 Å². The predicted octanol–water partition coefficient (Wildman–Crippen LogP) is 6.98. The number of aryl methyl sites for hydroxylation is 1. The molecule has 0 radical (unpaired) electrons. The number of ether oxygens (including phenoxy) is 1. The number of rotatable bonds is 9. The van der Waals surface area contributed by atoms with E-state index in [0.29, 0.717) is 17.3 Å². The zero-order valence-electron chi connectivity index (χ0n) is 17.9. The van der Waals surface area contributed by atoms with E-state index < -0.39 is 0 Å². The van der Waals surface area contributed by atoms with Crippen molar-refractivity contribution in [3.05, 3.63) is 88.7 Å². The van der Waals surface area contributed by atoms with Crippen LogP contribution in [0.5, 0.6) is 5.75 Å². The maximum Gasteiger partial charge on any atom is 0.192 e. The van der Waals surface area contributed by atoms with Crippen LogP contribution in [0.3, 0.4) is 0 Å². The van der Waals surface area contributed by atoms with Crippen LogP contribution in [-0.2, 0) is 12.3 Å². The van der Waals surface area contributed by atoms with Crippen LogP contribution in [0.2, 0.25) is 5.02 Å². The van der Waals surface area contributed by atoms with E-state index in [1.807, 2.05) is 73.0 Å². The third-order valence-electron chi connectivity index (χ3n) is 4.73. The average molecular weight is 483 g/mol. The van der Waals surface area contributed by atoms with Crippen LogP contribution in [0.1, 0.15) is 30.1 Å². The normalized spacial score (nSPS) is 12.0. The molecule has 2 aromatic heterocycles. The summed E-state index contributed by atoms with van der Waals surface area (Å²) in [6.45, 7) is 8.52. The van der Waals surface area contributed by atoms with Gasteiger partial charge in [-0.2, -0.15) is 0 Å². The molecule has 0 saturated heterocycles. The van der Waals surface area contributed by atoms with E-state index in [1.54, 1.807) is 23.1 Å². The van der Waals surface area contributed by atoms with Crippen molar-refractivity contribution < 1.29 is 4.74 Å². The van der Waals surface area contributed by atoms with Gasteiger partial charge in [0.05, 0.1) is 10.7 Å². The molecular weight excluding hydrogens is 460 g/mol. The van der Waals surface area contributed by atoms with Crippen LogP contribution in [-0.4, -0.2) is 19.7 Å². The van der Waals surface area contributed by atoms with Gasteiger partial charge in [0.15, 0.2) is 17.1 Å². The molecule has 2 aromatic carbocycles. The number of benzene rings is 2. The predicted molar refractivity (Wildman–Crippen MR) is 133 cm³/mol. The van der Waals surface area contributed by atoms with Crippen LogP contribution in [0, 0.1) is 6.92 Å². The van der Waals surface area contributed by atoms with Crippen molar-refractivity contribution in [1.82, 2.24) is 19.7 Å². The van der Waals surface area contributed by atoms with Gasteiger partial charge in [0.1, 0.15) is 10.8 Å². The highest BCUT2D eigenvalue weighted by Crippen LogP contribution is 2.32. The van der Waals surface area contributed by atoms with Crippen LogP contribution >= 0.6 is 34.7 Å². The Labute approximate surface area is 201 Å². The van der Waals surface area contributed by atoms with Crippen molar-refractivity contribution in [2.45, 2.75) is 37.4 Å². The third-order valence-corrected chi connectivity index (χ3v) is 6.98. The second-order valence-corrected chi connectivity index (χ2v) is 9.44. The van der Waals surface area contributed by atoms with Gasteiger partial charge in [-0.05, 0) is 37.6 Å². The molecule has 5 nitrogen and oxygen atoms in total. The molecule has 2 heterocycles. The van der Waals surface area contributed by atoms with Gasteiger partial charge in [-0.25, -0.2) is 4.98 Å². The second kappa shape index (κ2) is 10.3. The zero-order valence-corrected chi connectivity index (χ0v) is 20.3. The molecule has 0 aliphatic heterocycles. The van der Waals surface area contributed by atoms with E-state index in [1.165, 1.54) is 0 Å². The molecule has 4 rings (SSSR count). The van der Waals surface area contributed by atoms with Gasteiger partial charge in [0, 0.05) is 23.2 Å². The van der Waals surface area contributed by atoms with Gasteiger partial charge in [-0.1, -0.05) is 59.8 Å². The number of thiazole rings is 1. The number of aromatic nitrogens is 4. The molecule has 0 aliphatic rings. The van der Waals surface area contributed by atoms with Crippen molar-refractivity contribution in [2.24, 2.45) is 0 Å². The summed E-state index contributed by atoms with van der Waals surface area (Å²) in [5.74, 6) is 2.27. The van der Waals surface area contributed by atoms with Gasteiger partial charge in [0.2, 0.25) is 0 Å². The Morgan fingerprint density at radius 1 is 1.22 bits per heavy atom. The van der Waals surface area contributed by atoms with E-state index in [-0.39, 0.29) is 6.10 Å². The minimum Gasteiger partial charge on any atom is -0.483 e. The summed E-state index contributed by atoms with van der Waals surface area (Å²) in [5, 5.41) is 13.3. The first-order valence-electron chi connectivity index (χ1n) is 10.1. The molecule has 0 saturated carbocycles. The summed E-state index contributed by atoms with van der Waals surface area (Å²) in [7, 11) is 0. The number of hydrogen-bond donors (Lipinski definition) is 0. The highest BCUT2D eigenvalue weighted by atomic mass is 35.5. The van der Waals surface area contributed by atoms with Crippen LogP contribution < -0.4 is 4.74 Å². The minimum absolute atomic E-state index is 0.246. The Kier molecular flexibility index (Phi) is 7.29. The molecule has 32 heavy (non-hydrogen) atoms. The maximum atomic E-state index is 6.31. The molecule has 0 amide bonds. The fraction of sp³-hybridized carbons (Fsp3) is 0.208. The van der Waals surface area contributed by atoms with Crippen molar-refractivity contribution >= 4 is 34.7 Å². The molecular formula is C24H23ClN4OS2. The molecule has 0 bridgehead atoms.